The summed E-state index contributed by atoms with van der Waals surface area (Å²) in [5.41, 5.74) is 0. The van der Waals surface area contributed by atoms with Gasteiger partial charge in [0.1, 0.15) is 0 Å². The molecule has 6 heteroatoms. The van der Waals surface area contributed by atoms with E-state index in [-0.39, 0.29) is 18.5 Å². The van der Waals surface area contributed by atoms with Crippen LogP contribution < -0.4 is 5.32 Å². The predicted octanol–water partition coefficient (Wildman–Crippen LogP) is 15.1. The van der Waals surface area contributed by atoms with E-state index in [0.29, 0.717) is 25.9 Å². The van der Waals surface area contributed by atoms with E-state index in [1.165, 1.54) is 161 Å². The topological polar surface area (TPSA) is 95.9 Å². The fourth-order valence-corrected chi connectivity index (χ4v) is 7.74. The molecule has 3 N–H and O–H groups in total. The van der Waals surface area contributed by atoms with Gasteiger partial charge in [0, 0.05) is 12.8 Å². The smallest absolute Gasteiger partial charge is 0.305 e. The van der Waals surface area contributed by atoms with Crippen molar-refractivity contribution < 1.29 is 24.5 Å². The molecule has 0 heterocycles. The number of nitrogens with one attached hydrogen (secondary N) is 1. The Bertz CT molecular complexity index is 904. The van der Waals surface area contributed by atoms with Crippen molar-refractivity contribution in [2.75, 3.05) is 13.2 Å². The lowest BCUT2D eigenvalue weighted by Gasteiger charge is -2.22. The van der Waals surface area contributed by atoms with Crippen LogP contribution in [0.25, 0.3) is 0 Å². The summed E-state index contributed by atoms with van der Waals surface area (Å²) in [5.74, 6) is -0.0885. The second kappa shape index (κ2) is 48.0. The van der Waals surface area contributed by atoms with Crippen LogP contribution in [0.5, 0.6) is 0 Å². The SMILES string of the molecule is CCCCCCCCC/C=C\CCCCCCCCCC(=O)OCCCCC/C=C\CCCCCCCC(=O)NC(CO)C(O)CCCCCCCCCCCCC. The average molecular weight is 818 g/mol. The van der Waals surface area contributed by atoms with Crippen LogP contribution in [-0.2, 0) is 14.3 Å². The van der Waals surface area contributed by atoms with Gasteiger partial charge in [-0.1, -0.05) is 199 Å². The normalized spacial score (nSPS) is 12.8. The van der Waals surface area contributed by atoms with Crippen molar-refractivity contribution in [2.45, 2.75) is 283 Å². The molecule has 342 valence electrons. The minimum absolute atomic E-state index is 0.0261. The van der Waals surface area contributed by atoms with E-state index in [0.717, 1.165) is 77.0 Å². The first-order valence-corrected chi connectivity index (χ1v) is 25.6. The largest absolute Gasteiger partial charge is 0.466 e. The fraction of sp³-hybridized carbons (Fsp3) is 0.885. The van der Waals surface area contributed by atoms with Gasteiger partial charge in [0.15, 0.2) is 0 Å². The molecule has 0 aromatic carbocycles. The first-order chi connectivity index (χ1) is 28.5. The van der Waals surface area contributed by atoms with Crippen molar-refractivity contribution in [3.05, 3.63) is 24.3 Å². The molecule has 0 saturated carbocycles. The summed E-state index contributed by atoms with van der Waals surface area (Å²) in [7, 11) is 0. The number of ether oxygens (including phenoxy) is 1. The summed E-state index contributed by atoms with van der Waals surface area (Å²) in [6.45, 7) is 4.88. The van der Waals surface area contributed by atoms with Gasteiger partial charge in [-0.3, -0.25) is 9.59 Å². The second-order valence-electron chi connectivity index (χ2n) is 17.5. The molecule has 6 nitrogen and oxygen atoms in total. The Morgan fingerprint density at radius 2 is 0.810 bits per heavy atom. The maximum Gasteiger partial charge on any atom is 0.305 e. The van der Waals surface area contributed by atoms with Crippen LogP contribution in [0.15, 0.2) is 24.3 Å². The summed E-state index contributed by atoms with van der Waals surface area (Å²) in [5, 5.41) is 23.1. The van der Waals surface area contributed by atoms with Crippen LogP contribution in [0.2, 0.25) is 0 Å². The second-order valence-corrected chi connectivity index (χ2v) is 17.5. The average Bonchev–Trinajstić information content (AvgIpc) is 3.22. The molecule has 0 rings (SSSR count). The van der Waals surface area contributed by atoms with Crippen LogP contribution in [0.3, 0.4) is 0 Å². The maximum absolute atomic E-state index is 12.4. The number of rotatable bonds is 47. The Kier molecular flexibility index (Phi) is 46.6. The van der Waals surface area contributed by atoms with Crippen LogP contribution in [0.4, 0.5) is 0 Å². The summed E-state index contributed by atoms with van der Waals surface area (Å²) in [6.07, 6.45) is 55.8. The molecule has 0 fully saturated rings. The van der Waals surface area contributed by atoms with E-state index in [1.54, 1.807) is 0 Å². The number of aliphatic hydroxyl groups is 2. The van der Waals surface area contributed by atoms with Gasteiger partial charge in [-0.15, -0.1) is 0 Å². The van der Waals surface area contributed by atoms with Crippen molar-refractivity contribution in [2.24, 2.45) is 0 Å². The van der Waals surface area contributed by atoms with Crippen molar-refractivity contribution in [1.82, 2.24) is 5.32 Å². The van der Waals surface area contributed by atoms with Crippen LogP contribution in [0.1, 0.15) is 271 Å². The Hall–Kier alpha value is -1.66. The Balaban J connectivity index is 3.48. The van der Waals surface area contributed by atoms with E-state index in [9.17, 15) is 19.8 Å². The molecular weight excluding hydrogens is 719 g/mol. The van der Waals surface area contributed by atoms with Crippen molar-refractivity contribution in [1.29, 1.82) is 0 Å². The van der Waals surface area contributed by atoms with Gasteiger partial charge in [-0.2, -0.15) is 0 Å². The molecule has 58 heavy (non-hydrogen) atoms. The number of unbranched alkanes of at least 4 members (excludes halogenated alkanes) is 32. The molecule has 0 aromatic rings. The molecule has 0 aromatic heterocycles. The summed E-state index contributed by atoms with van der Waals surface area (Å²) in [4.78, 5) is 24.4. The zero-order valence-corrected chi connectivity index (χ0v) is 38.8. The van der Waals surface area contributed by atoms with E-state index < -0.39 is 12.1 Å². The molecule has 0 spiro atoms. The van der Waals surface area contributed by atoms with E-state index in [4.69, 9.17) is 4.74 Å². The standard InChI is InChI=1S/C52H99NO5/c1-3-5-7-9-11-13-15-16-17-18-19-20-21-26-30-34-38-42-46-52(57)58-47-43-39-35-31-27-23-22-25-29-33-37-41-45-51(56)53-49(48-54)50(55)44-40-36-32-28-24-14-12-10-8-6-4-2/h17-18,23,27,49-50,54-55H,3-16,19-22,24-26,28-48H2,1-2H3,(H,53,56)/b18-17-,27-23-. The van der Waals surface area contributed by atoms with Gasteiger partial charge in [-0.05, 0) is 83.5 Å². The first-order valence-electron chi connectivity index (χ1n) is 25.6. The zero-order chi connectivity index (χ0) is 42.3. The monoisotopic (exact) mass is 818 g/mol. The van der Waals surface area contributed by atoms with Gasteiger partial charge in [-0.25, -0.2) is 0 Å². The minimum atomic E-state index is -0.679. The lowest BCUT2D eigenvalue weighted by molar-refractivity contribution is -0.143. The number of carbonyl (C=O) groups is 2. The fourth-order valence-electron chi connectivity index (χ4n) is 7.74. The summed E-state index contributed by atoms with van der Waals surface area (Å²) in [6, 6.07) is -0.559. The predicted molar refractivity (Wildman–Crippen MR) is 250 cm³/mol. The molecule has 0 bridgehead atoms. The highest BCUT2D eigenvalue weighted by Crippen LogP contribution is 2.15. The Labute approximate surface area is 361 Å². The number of allylic oxidation sites excluding steroid dienone is 4. The zero-order valence-electron chi connectivity index (χ0n) is 38.8. The Morgan fingerprint density at radius 1 is 0.466 bits per heavy atom. The van der Waals surface area contributed by atoms with E-state index >= 15 is 0 Å². The molecule has 2 atom stereocenters. The summed E-state index contributed by atoms with van der Waals surface area (Å²) < 4.78 is 5.45. The third-order valence-corrected chi connectivity index (χ3v) is 11.7. The van der Waals surface area contributed by atoms with Gasteiger partial charge >= 0.3 is 5.97 Å². The van der Waals surface area contributed by atoms with E-state index in [1.807, 2.05) is 0 Å². The number of amides is 1. The van der Waals surface area contributed by atoms with Gasteiger partial charge in [0.25, 0.3) is 0 Å². The number of hydrogen-bond donors (Lipinski definition) is 3. The molecule has 0 aliphatic heterocycles. The molecule has 0 saturated heterocycles. The lowest BCUT2D eigenvalue weighted by atomic mass is 10.0. The highest BCUT2D eigenvalue weighted by atomic mass is 16.5. The number of aliphatic hydroxyl groups excluding tert-OH is 2. The minimum Gasteiger partial charge on any atom is -0.466 e. The van der Waals surface area contributed by atoms with Crippen molar-refractivity contribution >= 4 is 11.9 Å². The molecule has 0 radical (unpaired) electrons. The molecule has 0 aliphatic rings. The van der Waals surface area contributed by atoms with Gasteiger partial charge in [0.05, 0.1) is 25.4 Å². The first kappa shape index (κ1) is 56.3. The Morgan fingerprint density at radius 3 is 1.22 bits per heavy atom. The van der Waals surface area contributed by atoms with Crippen molar-refractivity contribution in [3.63, 3.8) is 0 Å². The summed E-state index contributed by atoms with van der Waals surface area (Å²) >= 11 is 0. The van der Waals surface area contributed by atoms with Crippen LogP contribution >= 0.6 is 0 Å². The van der Waals surface area contributed by atoms with E-state index in [2.05, 4.69) is 43.5 Å². The number of esters is 1. The van der Waals surface area contributed by atoms with Crippen LogP contribution in [0, 0.1) is 0 Å². The maximum atomic E-state index is 12.4. The lowest BCUT2D eigenvalue weighted by Crippen LogP contribution is -2.45. The molecule has 1 amide bonds. The highest BCUT2D eigenvalue weighted by Gasteiger charge is 2.20. The van der Waals surface area contributed by atoms with Gasteiger partial charge < -0.3 is 20.3 Å². The number of hydrogen-bond acceptors (Lipinski definition) is 5. The molecule has 0 aliphatic carbocycles. The highest BCUT2D eigenvalue weighted by molar-refractivity contribution is 5.76. The molecular formula is C52H99NO5. The van der Waals surface area contributed by atoms with Crippen LogP contribution in [-0.4, -0.2) is 47.4 Å². The quantitative estimate of drug-likeness (QED) is 0.0323. The number of carbonyl (C=O) groups excluding carboxylic acids is 2. The molecule has 2 unspecified atom stereocenters. The third-order valence-electron chi connectivity index (χ3n) is 11.7. The van der Waals surface area contributed by atoms with Crippen molar-refractivity contribution in [3.8, 4) is 0 Å². The van der Waals surface area contributed by atoms with Gasteiger partial charge in [0.2, 0.25) is 5.91 Å². The third kappa shape index (κ3) is 43.9.